The number of piperidine rings is 1. The molecule has 5 nitrogen and oxygen atoms in total. The van der Waals surface area contributed by atoms with Crippen molar-refractivity contribution in [1.29, 1.82) is 0 Å². The van der Waals surface area contributed by atoms with Crippen LogP contribution in [-0.2, 0) is 19.0 Å². The molecule has 0 spiro atoms. The van der Waals surface area contributed by atoms with Gasteiger partial charge in [-0.1, -0.05) is 6.42 Å². The molecule has 1 unspecified atom stereocenters. The van der Waals surface area contributed by atoms with Gasteiger partial charge in [-0.05, 0) is 38.6 Å². The van der Waals surface area contributed by atoms with Crippen LogP contribution in [0.3, 0.4) is 0 Å². The maximum Gasteiger partial charge on any atom is 0.323 e. The van der Waals surface area contributed by atoms with Crippen molar-refractivity contribution in [1.82, 2.24) is 4.90 Å². The number of nitrogens with zero attached hydrogens (tertiary/aromatic N) is 1. The fourth-order valence-electron chi connectivity index (χ4n) is 2.81. The highest BCUT2D eigenvalue weighted by atomic mass is 16.7. The Morgan fingerprint density at radius 3 is 2.84 bits per heavy atom. The van der Waals surface area contributed by atoms with Crippen molar-refractivity contribution < 1.29 is 19.0 Å². The zero-order valence-corrected chi connectivity index (χ0v) is 11.8. The van der Waals surface area contributed by atoms with Crippen LogP contribution in [0.1, 0.15) is 38.5 Å². The van der Waals surface area contributed by atoms with E-state index in [1.165, 1.54) is 13.5 Å². The van der Waals surface area contributed by atoms with Gasteiger partial charge >= 0.3 is 5.97 Å². The van der Waals surface area contributed by atoms with Gasteiger partial charge in [-0.3, -0.25) is 9.69 Å². The molecule has 0 saturated carbocycles. The molecule has 2 fully saturated rings. The summed E-state index contributed by atoms with van der Waals surface area (Å²) in [4.78, 5) is 13.9. The lowest BCUT2D eigenvalue weighted by Gasteiger charge is -2.34. The standard InChI is InChI=1S/C14H25NO4/c1-17-14(16)12-6-2-4-8-15(12)9-11-19-13-7-3-5-10-18-13/h12-13H,2-11H2,1H3/t12-,13?/m1/s1. The van der Waals surface area contributed by atoms with Crippen molar-refractivity contribution in [2.45, 2.75) is 50.9 Å². The summed E-state index contributed by atoms with van der Waals surface area (Å²) < 4.78 is 16.1. The number of carbonyl (C=O) groups is 1. The molecule has 0 aromatic heterocycles. The number of carbonyl (C=O) groups excluding carboxylic acids is 1. The van der Waals surface area contributed by atoms with Crippen molar-refractivity contribution in [3.05, 3.63) is 0 Å². The Kier molecular flexibility index (Phi) is 6.07. The van der Waals surface area contributed by atoms with Gasteiger partial charge in [0.15, 0.2) is 6.29 Å². The van der Waals surface area contributed by atoms with Gasteiger partial charge in [0.05, 0.1) is 13.7 Å². The third-order valence-electron chi connectivity index (χ3n) is 3.91. The molecular weight excluding hydrogens is 246 g/mol. The Bertz CT molecular complexity index is 279. The number of hydrogen-bond acceptors (Lipinski definition) is 5. The van der Waals surface area contributed by atoms with Crippen LogP contribution in [0.15, 0.2) is 0 Å². The van der Waals surface area contributed by atoms with Gasteiger partial charge < -0.3 is 14.2 Å². The Hall–Kier alpha value is -0.650. The normalized spacial score (nSPS) is 29.1. The molecule has 2 rings (SSSR count). The lowest BCUT2D eigenvalue weighted by Crippen LogP contribution is -2.46. The molecule has 0 N–H and O–H groups in total. The molecule has 110 valence electrons. The third-order valence-corrected chi connectivity index (χ3v) is 3.91. The third kappa shape index (κ3) is 4.44. The van der Waals surface area contributed by atoms with E-state index in [9.17, 15) is 4.79 Å². The van der Waals surface area contributed by atoms with Crippen LogP contribution in [0.2, 0.25) is 0 Å². The van der Waals surface area contributed by atoms with E-state index in [4.69, 9.17) is 14.2 Å². The summed E-state index contributed by atoms with van der Waals surface area (Å²) in [5, 5.41) is 0. The lowest BCUT2D eigenvalue weighted by atomic mass is 10.0. The smallest absolute Gasteiger partial charge is 0.323 e. The topological polar surface area (TPSA) is 48.0 Å². The Morgan fingerprint density at radius 1 is 1.26 bits per heavy atom. The van der Waals surface area contributed by atoms with Gasteiger partial charge in [-0.25, -0.2) is 0 Å². The first kappa shape index (κ1) is 14.8. The lowest BCUT2D eigenvalue weighted by molar-refractivity contribution is -0.167. The van der Waals surface area contributed by atoms with Crippen LogP contribution in [0, 0.1) is 0 Å². The zero-order valence-electron chi connectivity index (χ0n) is 11.8. The second-order valence-electron chi connectivity index (χ2n) is 5.24. The average molecular weight is 271 g/mol. The number of ether oxygens (including phenoxy) is 3. The first-order valence-electron chi connectivity index (χ1n) is 7.36. The summed E-state index contributed by atoms with van der Waals surface area (Å²) in [5.41, 5.74) is 0. The van der Waals surface area contributed by atoms with Gasteiger partial charge in [0.2, 0.25) is 0 Å². The largest absolute Gasteiger partial charge is 0.468 e. The average Bonchev–Trinajstić information content (AvgIpc) is 2.48. The van der Waals surface area contributed by atoms with Crippen LogP contribution < -0.4 is 0 Å². The predicted molar refractivity (Wildman–Crippen MR) is 70.8 cm³/mol. The van der Waals surface area contributed by atoms with E-state index in [1.807, 2.05) is 0 Å². The van der Waals surface area contributed by atoms with E-state index in [0.717, 1.165) is 51.8 Å². The van der Waals surface area contributed by atoms with Gasteiger partial charge in [0.25, 0.3) is 0 Å². The second kappa shape index (κ2) is 7.82. The maximum absolute atomic E-state index is 11.7. The quantitative estimate of drug-likeness (QED) is 0.710. The summed E-state index contributed by atoms with van der Waals surface area (Å²) in [6, 6.07) is -0.0883. The summed E-state index contributed by atoms with van der Waals surface area (Å²) in [7, 11) is 1.46. The number of hydrogen-bond donors (Lipinski definition) is 0. The first-order valence-corrected chi connectivity index (χ1v) is 7.36. The van der Waals surface area contributed by atoms with E-state index in [-0.39, 0.29) is 18.3 Å². The van der Waals surface area contributed by atoms with Gasteiger partial charge in [0.1, 0.15) is 6.04 Å². The number of rotatable bonds is 5. The molecule has 0 aromatic carbocycles. The molecule has 0 aromatic rings. The van der Waals surface area contributed by atoms with E-state index >= 15 is 0 Å². The van der Waals surface area contributed by atoms with Crippen molar-refractivity contribution in [3.63, 3.8) is 0 Å². The Labute approximate surface area is 115 Å². The van der Waals surface area contributed by atoms with Crippen molar-refractivity contribution >= 4 is 5.97 Å². The SMILES string of the molecule is COC(=O)[C@H]1CCCCN1CCOC1CCCCO1. The minimum absolute atomic E-state index is 0.0462. The second-order valence-corrected chi connectivity index (χ2v) is 5.24. The van der Waals surface area contributed by atoms with Crippen LogP contribution in [0.25, 0.3) is 0 Å². The molecule has 0 bridgehead atoms. The minimum atomic E-state index is -0.117. The minimum Gasteiger partial charge on any atom is -0.468 e. The van der Waals surface area contributed by atoms with Gasteiger partial charge in [-0.15, -0.1) is 0 Å². The molecule has 0 aliphatic carbocycles. The molecule has 5 heteroatoms. The molecular formula is C14H25NO4. The van der Waals surface area contributed by atoms with Crippen LogP contribution in [0.4, 0.5) is 0 Å². The van der Waals surface area contributed by atoms with Crippen molar-refractivity contribution in [2.75, 3.05) is 33.4 Å². The molecule has 2 atom stereocenters. The van der Waals surface area contributed by atoms with Crippen LogP contribution in [0.5, 0.6) is 0 Å². The first-order chi connectivity index (χ1) is 9.31. The molecule has 0 amide bonds. The van der Waals surface area contributed by atoms with Crippen LogP contribution >= 0.6 is 0 Å². The summed E-state index contributed by atoms with van der Waals surface area (Å²) in [6.07, 6.45) is 6.40. The predicted octanol–water partition coefficient (Wildman–Crippen LogP) is 1.56. The van der Waals surface area contributed by atoms with E-state index < -0.39 is 0 Å². The molecule has 2 aliphatic heterocycles. The number of methoxy groups -OCH3 is 1. The highest BCUT2D eigenvalue weighted by Crippen LogP contribution is 2.18. The van der Waals surface area contributed by atoms with E-state index in [0.29, 0.717) is 6.61 Å². The van der Waals surface area contributed by atoms with E-state index in [2.05, 4.69) is 4.90 Å². The van der Waals surface area contributed by atoms with Gasteiger partial charge in [-0.2, -0.15) is 0 Å². The highest BCUT2D eigenvalue weighted by molar-refractivity contribution is 5.75. The fourth-order valence-corrected chi connectivity index (χ4v) is 2.81. The molecule has 0 radical (unpaired) electrons. The van der Waals surface area contributed by atoms with E-state index in [1.54, 1.807) is 0 Å². The fraction of sp³-hybridized carbons (Fsp3) is 0.929. The Morgan fingerprint density at radius 2 is 2.11 bits per heavy atom. The molecule has 2 heterocycles. The van der Waals surface area contributed by atoms with Crippen LogP contribution in [-0.4, -0.2) is 56.6 Å². The summed E-state index contributed by atoms with van der Waals surface area (Å²) in [6.45, 7) is 3.16. The highest BCUT2D eigenvalue weighted by Gasteiger charge is 2.29. The molecule has 2 saturated heterocycles. The monoisotopic (exact) mass is 271 g/mol. The molecule has 19 heavy (non-hydrogen) atoms. The number of likely N-dealkylation sites (tertiary alicyclic amines) is 1. The van der Waals surface area contributed by atoms with Crippen molar-refractivity contribution in [3.8, 4) is 0 Å². The Balaban J connectivity index is 1.71. The summed E-state index contributed by atoms with van der Waals surface area (Å²) in [5.74, 6) is -0.117. The maximum atomic E-state index is 11.7. The molecule has 2 aliphatic rings. The van der Waals surface area contributed by atoms with Crippen molar-refractivity contribution in [2.24, 2.45) is 0 Å². The zero-order chi connectivity index (χ0) is 13.5. The summed E-state index contributed by atoms with van der Waals surface area (Å²) >= 11 is 0. The van der Waals surface area contributed by atoms with Gasteiger partial charge in [0, 0.05) is 13.2 Å². The number of esters is 1.